The van der Waals surface area contributed by atoms with Crippen LogP contribution in [0.1, 0.15) is 36.0 Å². The SMILES string of the molecule is CN(C(=O)C1CC1)c1ccccc1C(=O)NC1CCNCC1. The van der Waals surface area contributed by atoms with Crippen LogP contribution in [0.4, 0.5) is 5.69 Å². The number of amides is 2. The van der Waals surface area contributed by atoms with Crippen LogP contribution in [0.3, 0.4) is 0 Å². The van der Waals surface area contributed by atoms with E-state index in [9.17, 15) is 9.59 Å². The van der Waals surface area contributed by atoms with Gasteiger partial charge in [-0.1, -0.05) is 12.1 Å². The summed E-state index contributed by atoms with van der Waals surface area (Å²) in [5, 5.41) is 6.38. The molecular formula is C17H23N3O2. The predicted octanol–water partition coefficient (Wildman–Crippen LogP) is 1.54. The zero-order chi connectivity index (χ0) is 15.5. The Morgan fingerprint density at radius 2 is 1.82 bits per heavy atom. The summed E-state index contributed by atoms with van der Waals surface area (Å²) in [7, 11) is 1.76. The minimum atomic E-state index is -0.0852. The average molecular weight is 301 g/mol. The first-order valence-electron chi connectivity index (χ1n) is 8.05. The summed E-state index contributed by atoms with van der Waals surface area (Å²) in [5.74, 6) is 0.172. The number of hydrogen-bond donors (Lipinski definition) is 2. The van der Waals surface area contributed by atoms with Gasteiger partial charge in [0.25, 0.3) is 5.91 Å². The summed E-state index contributed by atoms with van der Waals surface area (Å²) >= 11 is 0. The highest BCUT2D eigenvalue weighted by Crippen LogP contribution is 2.33. The average Bonchev–Trinajstić information content (AvgIpc) is 3.39. The number of benzene rings is 1. The quantitative estimate of drug-likeness (QED) is 0.887. The molecule has 1 aromatic rings. The van der Waals surface area contributed by atoms with Crippen LogP contribution >= 0.6 is 0 Å². The van der Waals surface area contributed by atoms with Gasteiger partial charge in [0, 0.05) is 19.0 Å². The lowest BCUT2D eigenvalue weighted by Gasteiger charge is -2.25. The van der Waals surface area contributed by atoms with E-state index in [0.29, 0.717) is 11.3 Å². The maximum absolute atomic E-state index is 12.6. The summed E-state index contributed by atoms with van der Waals surface area (Å²) in [6.07, 6.45) is 3.83. The molecule has 2 aliphatic rings. The molecule has 0 bridgehead atoms. The minimum absolute atomic E-state index is 0.0852. The highest BCUT2D eigenvalue weighted by molar-refractivity contribution is 6.05. The molecule has 0 spiro atoms. The van der Waals surface area contributed by atoms with E-state index in [1.54, 1.807) is 18.0 Å². The first-order chi connectivity index (χ1) is 10.7. The van der Waals surface area contributed by atoms with Crippen molar-refractivity contribution in [3.8, 4) is 0 Å². The van der Waals surface area contributed by atoms with Crippen molar-refractivity contribution in [1.29, 1.82) is 0 Å². The van der Waals surface area contributed by atoms with Gasteiger partial charge in [-0.25, -0.2) is 0 Å². The summed E-state index contributed by atoms with van der Waals surface area (Å²) < 4.78 is 0. The fourth-order valence-electron chi connectivity index (χ4n) is 2.91. The Morgan fingerprint density at radius 3 is 2.50 bits per heavy atom. The van der Waals surface area contributed by atoms with Gasteiger partial charge >= 0.3 is 0 Å². The van der Waals surface area contributed by atoms with Gasteiger partial charge in [-0.2, -0.15) is 0 Å². The molecule has 22 heavy (non-hydrogen) atoms. The third-order valence-electron chi connectivity index (χ3n) is 4.44. The Kier molecular flexibility index (Phi) is 4.43. The van der Waals surface area contributed by atoms with Crippen molar-refractivity contribution in [2.45, 2.75) is 31.7 Å². The molecule has 0 aromatic heterocycles. The summed E-state index contributed by atoms with van der Waals surface area (Å²) in [5.41, 5.74) is 1.28. The molecule has 1 aromatic carbocycles. The molecule has 1 heterocycles. The largest absolute Gasteiger partial charge is 0.349 e. The Morgan fingerprint density at radius 1 is 1.14 bits per heavy atom. The van der Waals surface area contributed by atoms with E-state index in [0.717, 1.165) is 38.8 Å². The molecular weight excluding hydrogens is 278 g/mol. The molecule has 2 amide bonds. The normalized spacial score (nSPS) is 18.8. The Bertz CT molecular complexity index is 563. The van der Waals surface area contributed by atoms with Crippen LogP contribution in [-0.2, 0) is 4.79 Å². The van der Waals surface area contributed by atoms with Gasteiger partial charge in [0.05, 0.1) is 11.3 Å². The van der Waals surface area contributed by atoms with E-state index in [1.807, 2.05) is 18.2 Å². The van der Waals surface area contributed by atoms with E-state index in [4.69, 9.17) is 0 Å². The third-order valence-corrected chi connectivity index (χ3v) is 4.44. The highest BCUT2D eigenvalue weighted by atomic mass is 16.2. The van der Waals surface area contributed by atoms with Crippen LogP contribution < -0.4 is 15.5 Å². The van der Waals surface area contributed by atoms with Gasteiger partial charge in [-0.15, -0.1) is 0 Å². The number of hydrogen-bond acceptors (Lipinski definition) is 3. The van der Waals surface area contributed by atoms with Gasteiger partial charge in [0.15, 0.2) is 0 Å². The fourth-order valence-corrected chi connectivity index (χ4v) is 2.91. The maximum atomic E-state index is 12.6. The van der Waals surface area contributed by atoms with Gasteiger partial charge in [0.2, 0.25) is 5.91 Å². The summed E-state index contributed by atoms with van der Waals surface area (Å²) in [4.78, 5) is 26.5. The van der Waals surface area contributed by atoms with Crippen molar-refractivity contribution in [3.05, 3.63) is 29.8 Å². The topological polar surface area (TPSA) is 61.4 Å². The third kappa shape index (κ3) is 3.30. The number of carbonyl (C=O) groups excluding carboxylic acids is 2. The number of nitrogens with zero attached hydrogens (tertiary/aromatic N) is 1. The molecule has 0 radical (unpaired) electrons. The lowest BCUT2D eigenvalue weighted by molar-refractivity contribution is -0.119. The number of para-hydroxylation sites is 1. The zero-order valence-electron chi connectivity index (χ0n) is 13.0. The number of nitrogens with one attached hydrogen (secondary N) is 2. The Hall–Kier alpha value is -1.88. The lowest BCUT2D eigenvalue weighted by Crippen LogP contribution is -2.43. The van der Waals surface area contributed by atoms with E-state index in [2.05, 4.69) is 10.6 Å². The fraction of sp³-hybridized carbons (Fsp3) is 0.529. The van der Waals surface area contributed by atoms with Gasteiger partial charge < -0.3 is 15.5 Å². The Labute approximate surface area is 131 Å². The van der Waals surface area contributed by atoms with Crippen LogP contribution in [0.2, 0.25) is 0 Å². The van der Waals surface area contributed by atoms with E-state index in [1.165, 1.54) is 0 Å². The molecule has 1 aliphatic carbocycles. The second kappa shape index (κ2) is 6.48. The number of anilines is 1. The second-order valence-corrected chi connectivity index (χ2v) is 6.19. The van der Waals surface area contributed by atoms with Crippen molar-refractivity contribution in [2.24, 2.45) is 5.92 Å². The monoisotopic (exact) mass is 301 g/mol. The molecule has 0 unspecified atom stereocenters. The van der Waals surface area contributed by atoms with E-state index in [-0.39, 0.29) is 23.8 Å². The van der Waals surface area contributed by atoms with E-state index >= 15 is 0 Å². The second-order valence-electron chi connectivity index (χ2n) is 6.19. The number of rotatable bonds is 4. The highest BCUT2D eigenvalue weighted by Gasteiger charge is 2.33. The van der Waals surface area contributed by atoms with Gasteiger partial charge in [0.1, 0.15) is 0 Å². The van der Waals surface area contributed by atoms with Crippen molar-refractivity contribution < 1.29 is 9.59 Å². The van der Waals surface area contributed by atoms with Crippen molar-refractivity contribution in [3.63, 3.8) is 0 Å². The predicted molar refractivity (Wildman–Crippen MR) is 85.9 cm³/mol. The first kappa shape index (κ1) is 15.0. The zero-order valence-corrected chi connectivity index (χ0v) is 13.0. The molecule has 3 rings (SSSR count). The van der Waals surface area contributed by atoms with Crippen LogP contribution in [0.15, 0.2) is 24.3 Å². The van der Waals surface area contributed by atoms with Crippen LogP contribution in [-0.4, -0.2) is 38.0 Å². The molecule has 2 N–H and O–H groups in total. The van der Waals surface area contributed by atoms with Crippen LogP contribution in [0, 0.1) is 5.92 Å². The smallest absolute Gasteiger partial charge is 0.253 e. The lowest BCUT2D eigenvalue weighted by atomic mass is 10.1. The molecule has 1 saturated carbocycles. The molecule has 1 aliphatic heterocycles. The van der Waals surface area contributed by atoms with Crippen LogP contribution in [0.5, 0.6) is 0 Å². The van der Waals surface area contributed by atoms with Gasteiger partial charge in [-0.3, -0.25) is 9.59 Å². The number of carbonyl (C=O) groups is 2. The molecule has 1 saturated heterocycles. The van der Waals surface area contributed by atoms with Crippen molar-refractivity contribution in [1.82, 2.24) is 10.6 Å². The van der Waals surface area contributed by atoms with E-state index < -0.39 is 0 Å². The molecule has 5 heteroatoms. The number of piperidine rings is 1. The molecule has 2 fully saturated rings. The summed E-state index contributed by atoms with van der Waals surface area (Å²) in [6, 6.07) is 7.56. The first-order valence-corrected chi connectivity index (χ1v) is 8.05. The van der Waals surface area contributed by atoms with Crippen molar-refractivity contribution in [2.75, 3.05) is 25.0 Å². The van der Waals surface area contributed by atoms with Crippen molar-refractivity contribution >= 4 is 17.5 Å². The van der Waals surface area contributed by atoms with Crippen LogP contribution in [0.25, 0.3) is 0 Å². The molecule has 5 nitrogen and oxygen atoms in total. The standard InChI is InChI=1S/C17H23N3O2/c1-20(17(22)12-6-7-12)15-5-3-2-4-14(15)16(21)19-13-8-10-18-11-9-13/h2-5,12-13,18H,6-11H2,1H3,(H,19,21). The summed E-state index contributed by atoms with van der Waals surface area (Å²) in [6.45, 7) is 1.87. The maximum Gasteiger partial charge on any atom is 0.253 e. The van der Waals surface area contributed by atoms with Gasteiger partial charge in [-0.05, 0) is 50.9 Å². The molecule has 0 atom stereocenters. The molecule has 118 valence electrons. The Balaban J connectivity index is 1.74. The minimum Gasteiger partial charge on any atom is -0.349 e.